The smallest absolute Gasteiger partial charge is 0.408 e. The summed E-state index contributed by atoms with van der Waals surface area (Å²) in [5.41, 5.74) is -0.698. The zero-order valence-corrected chi connectivity index (χ0v) is 16.7. The first kappa shape index (κ1) is 21.2. The Morgan fingerprint density at radius 1 is 1.16 bits per heavy atom. The highest BCUT2D eigenvalue weighted by Gasteiger charge is 2.29. The lowest BCUT2D eigenvalue weighted by atomic mass is 10.1. The average Bonchev–Trinajstić information content (AvgIpc) is 2.43. The van der Waals surface area contributed by atoms with Crippen LogP contribution in [0.1, 0.15) is 47.2 Å². The summed E-state index contributed by atoms with van der Waals surface area (Å²) in [6.45, 7) is 10.6. The fraction of sp³-hybridized carbons (Fsp3) is 0.647. The van der Waals surface area contributed by atoms with Crippen LogP contribution in [-0.4, -0.2) is 45.5 Å². The lowest BCUT2D eigenvalue weighted by Crippen LogP contribution is -2.47. The second-order valence-corrected chi connectivity index (χ2v) is 8.24. The second kappa shape index (κ2) is 8.51. The second-order valence-electron chi connectivity index (χ2n) is 7.47. The van der Waals surface area contributed by atoms with Crippen molar-refractivity contribution in [1.29, 1.82) is 0 Å². The highest BCUT2D eigenvalue weighted by Crippen LogP contribution is 2.14. The van der Waals surface area contributed by atoms with Gasteiger partial charge in [-0.05, 0) is 53.9 Å². The van der Waals surface area contributed by atoms with E-state index in [1.54, 1.807) is 53.8 Å². The average molecular weight is 369 g/mol. The van der Waals surface area contributed by atoms with Crippen molar-refractivity contribution in [3.8, 4) is 0 Å². The molecule has 0 aromatic carbocycles. The zero-order valence-electron chi connectivity index (χ0n) is 15.9. The number of rotatable bonds is 5. The molecular formula is C17H27N3O4S. The van der Waals surface area contributed by atoms with Gasteiger partial charge in [0.05, 0.1) is 0 Å². The summed E-state index contributed by atoms with van der Waals surface area (Å²) in [5.74, 6) is -0.539. The molecule has 1 heterocycles. The standard InChI is InChI=1S/C17H27N3O4S/c1-16(2,3)23-13(21)12(20-15(22)24-17(4,5)6)10-11-8-9-18-14(19-11)25-7/h8-9,12H,10H2,1-7H3,(H,20,22)/t12-/m0/s1. The molecule has 8 heteroatoms. The number of esters is 1. The van der Waals surface area contributed by atoms with E-state index in [1.165, 1.54) is 11.8 Å². The molecule has 0 aliphatic carbocycles. The van der Waals surface area contributed by atoms with Crippen molar-refractivity contribution < 1.29 is 19.1 Å². The van der Waals surface area contributed by atoms with Gasteiger partial charge in [0.2, 0.25) is 0 Å². The van der Waals surface area contributed by atoms with E-state index in [1.807, 2.05) is 6.26 Å². The molecule has 25 heavy (non-hydrogen) atoms. The zero-order chi connectivity index (χ0) is 19.3. The van der Waals surface area contributed by atoms with E-state index in [9.17, 15) is 9.59 Å². The van der Waals surface area contributed by atoms with Crippen LogP contribution in [0.5, 0.6) is 0 Å². The Balaban J connectivity index is 2.93. The molecule has 1 rings (SSSR count). The first-order chi connectivity index (χ1) is 11.4. The summed E-state index contributed by atoms with van der Waals surface area (Å²) in [4.78, 5) is 33.0. The lowest BCUT2D eigenvalue weighted by Gasteiger charge is -2.26. The van der Waals surface area contributed by atoms with Gasteiger partial charge in [-0.25, -0.2) is 19.6 Å². The summed E-state index contributed by atoms with van der Waals surface area (Å²) >= 11 is 1.40. The third-order valence-corrected chi connectivity index (χ3v) is 3.23. The number of hydrogen-bond acceptors (Lipinski definition) is 7. The quantitative estimate of drug-likeness (QED) is 0.485. The summed E-state index contributed by atoms with van der Waals surface area (Å²) < 4.78 is 10.6. The molecule has 0 saturated carbocycles. The first-order valence-electron chi connectivity index (χ1n) is 7.98. The molecule has 1 N–H and O–H groups in total. The van der Waals surface area contributed by atoms with Crippen molar-refractivity contribution in [2.24, 2.45) is 0 Å². The molecule has 0 spiro atoms. The van der Waals surface area contributed by atoms with Crippen molar-refractivity contribution in [3.05, 3.63) is 18.0 Å². The molecule has 0 aliphatic rings. The maximum absolute atomic E-state index is 12.5. The van der Waals surface area contributed by atoms with Crippen LogP contribution < -0.4 is 5.32 Å². The maximum Gasteiger partial charge on any atom is 0.408 e. The minimum atomic E-state index is -0.904. The molecular weight excluding hydrogens is 342 g/mol. The van der Waals surface area contributed by atoms with Crippen molar-refractivity contribution >= 4 is 23.8 Å². The summed E-state index contributed by atoms with van der Waals surface area (Å²) in [6, 6.07) is 0.798. The molecule has 0 saturated heterocycles. The van der Waals surface area contributed by atoms with Crippen LogP contribution in [0.2, 0.25) is 0 Å². The van der Waals surface area contributed by atoms with E-state index in [2.05, 4.69) is 15.3 Å². The number of nitrogens with one attached hydrogen (secondary N) is 1. The number of hydrogen-bond donors (Lipinski definition) is 1. The summed E-state index contributed by atoms with van der Waals surface area (Å²) in [7, 11) is 0. The molecule has 140 valence electrons. The van der Waals surface area contributed by atoms with Gasteiger partial charge in [-0.15, -0.1) is 0 Å². The van der Waals surface area contributed by atoms with Gasteiger partial charge in [0.25, 0.3) is 0 Å². The van der Waals surface area contributed by atoms with E-state index >= 15 is 0 Å². The molecule has 1 aromatic rings. The number of aromatic nitrogens is 2. The van der Waals surface area contributed by atoms with Crippen molar-refractivity contribution in [3.63, 3.8) is 0 Å². The Kier molecular flexibility index (Phi) is 7.22. The largest absolute Gasteiger partial charge is 0.458 e. The van der Waals surface area contributed by atoms with E-state index < -0.39 is 29.3 Å². The van der Waals surface area contributed by atoms with Crippen LogP contribution in [0, 0.1) is 0 Å². The van der Waals surface area contributed by atoms with Gasteiger partial charge in [0.15, 0.2) is 5.16 Å². The van der Waals surface area contributed by atoms with E-state index in [0.29, 0.717) is 10.9 Å². The van der Waals surface area contributed by atoms with Crippen LogP contribution in [0.15, 0.2) is 17.4 Å². The van der Waals surface area contributed by atoms with Crippen molar-refractivity contribution in [2.75, 3.05) is 6.26 Å². The molecule has 1 aromatic heterocycles. The van der Waals surface area contributed by atoms with Gasteiger partial charge in [0, 0.05) is 18.3 Å². The fourth-order valence-corrected chi connectivity index (χ4v) is 2.19. The minimum absolute atomic E-state index is 0.185. The molecule has 0 aliphatic heterocycles. The number of amides is 1. The highest BCUT2D eigenvalue weighted by molar-refractivity contribution is 7.98. The van der Waals surface area contributed by atoms with Gasteiger partial charge in [0.1, 0.15) is 17.2 Å². The summed E-state index contributed by atoms with van der Waals surface area (Å²) in [5, 5.41) is 3.17. The molecule has 0 radical (unpaired) electrons. The van der Waals surface area contributed by atoms with Gasteiger partial charge >= 0.3 is 12.1 Å². The van der Waals surface area contributed by atoms with Gasteiger partial charge in [-0.2, -0.15) is 0 Å². The number of ether oxygens (including phenoxy) is 2. The van der Waals surface area contributed by atoms with Crippen molar-refractivity contribution in [1.82, 2.24) is 15.3 Å². The Labute approximate surface area is 153 Å². The van der Waals surface area contributed by atoms with Crippen LogP contribution in [0.3, 0.4) is 0 Å². The fourth-order valence-electron chi connectivity index (χ4n) is 1.81. The predicted octanol–water partition coefficient (Wildman–Crippen LogP) is 2.98. The Morgan fingerprint density at radius 2 is 1.76 bits per heavy atom. The third kappa shape index (κ3) is 8.72. The molecule has 0 fully saturated rings. The molecule has 0 unspecified atom stereocenters. The Morgan fingerprint density at radius 3 is 2.28 bits per heavy atom. The Hall–Kier alpha value is -1.83. The maximum atomic E-state index is 12.5. The highest BCUT2D eigenvalue weighted by atomic mass is 32.2. The monoisotopic (exact) mass is 369 g/mol. The van der Waals surface area contributed by atoms with Gasteiger partial charge in [-0.1, -0.05) is 11.8 Å². The third-order valence-electron chi connectivity index (χ3n) is 2.67. The minimum Gasteiger partial charge on any atom is -0.458 e. The molecule has 0 bridgehead atoms. The molecule has 7 nitrogen and oxygen atoms in total. The number of alkyl carbamates (subject to hydrolysis) is 1. The number of nitrogens with zero attached hydrogens (tertiary/aromatic N) is 2. The van der Waals surface area contributed by atoms with Crippen LogP contribution in [0.25, 0.3) is 0 Å². The Bertz CT molecular complexity index is 609. The van der Waals surface area contributed by atoms with Gasteiger partial charge < -0.3 is 14.8 Å². The van der Waals surface area contributed by atoms with Gasteiger partial charge in [-0.3, -0.25) is 0 Å². The van der Waals surface area contributed by atoms with Crippen LogP contribution in [0.4, 0.5) is 4.79 Å². The topological polar surface area (TPSA) is 90.4 Å². The van der Waals surface area contributed by atoms with E-state index in [-0.39, 0.29) is 6.42 Å². The molecule has 1 atom stereocenters. The predicted molar refractivity (Wildman–Crippen MR) is 96.5 cm³/mol. The number of carbonyl (C=O) groups excluding carboxylic acids is 2. The number of carbonyl (C=O) groups is 2. The first-order valence-corrected chi connectivity index (χ1v) is 9.20. The van der Waals surface area contributed by atoms with Crippen molar-refractivity contribution in [2.45, 2.75) is 70.4 Å². The van der Waals surface area contributed by atoms with Crippen LogP contribution >= 0.6 is 11.8 Å². The summed E-state index contributed by atoms with van der Waals surface area (Å²) in [6.07, 6.45) is 2.99. The normalized spacial score (nSPS) is 13.1. The van der Waals surface area contributed by atoms with E-state index in [4.69, 9.17) is 9.47 Å². The SMILES string of the molecule is CSc1nccc(C[C@H](NC(=O)OC(C)(C)C)C(=O)OC(C)(C)C)n1. The lowest BCUT2D eigenvalue weighted by molar-refractivity contribution is -0.157. The van der Waals surface area contributed by atoms with Crippen LogP contribution in [-0.2, 0) is 20.7 Å². The number of thioether (sulfide) groups is 1. The van der Waals surface area contributed by atoms with E-state index in [0.717, 1.165) is 0 Å². The molecule has 1 amide bonds.